The first-order chi connectivity index (χ1) is 22.9. The van der Waals surface area contributed by atoms with E-state index < -0.39 is 43.7 Å². The van der Waals surface area contributed by atoms with Gasteiger partial charge < -0.3 is 25.0 Å². The number of ketones is 1. The number of anilines is 1. The average Bonchev–Trinajstić information content (AvgIpc) is 3.33. The Kier molecular flexibility index (Phi) is 9.26. The van der Waals surface area contributed by atoms with Crippen molar-refractivity contribution in [3.8, 4) is 11.1 Å². The molecule has 3 amide bonds. The minimum atomic E-state index is -3.82. The number of benzene rings is 2. The lowest BCUT2D eigenvalue weighted by molar-refractivity contribution is -0.138. The molecule has 2 aromatic carbocycles. The summed E-state index contributed by atoms with van der Waals surface area (Å²) >= 11 is 7.23. The largest absolute Gasteiger partial charge is 0.389 e. The Morgan fingerprint density at radius 1 is 1.12 bits per heavy atom. The fourth-order valence-corrected chi connectivity index (χ4v) is 9.23. The molecule has 1 aliphatic carbocycles. The van der Waals surface area contributed by atoms with Crippen LogP contribution in [-0.4, -0.2) is 68.5 Å². The lowest BCUT2D eigenvalue weighted by Crippen LogP contribution is -2.46. The normalized spacial score (nSPS) is 18.6. The third-order valence-electron chi connectivity index (χ3n) is 8.24. The van der Waals surface area contributed by atoms with Crippen molar-refractivity contribution < 1.29 is 37.2 Å². The molecule has 1 unspecified atom stereocenters. The summed E-state index contributed by atoms with van der Waals surface area (Å²) in [4.78, 5) is 57.4. The first-order valence-corrected chi connectivity index (χ1v) is 17.9. The van der Waals surface area contributed by atoms with Crippen molar-refractivity contribution >= 4 is 74.8 Å². The lowest BCUT2D eigenvalue weighted by Gasteiger charge is -2.27. The zero-order valence-corrected chi connectivity index (χ0v) is 28.5. The summed E-state index contributed by atoms with van der Waals surface area (Å²) < 4.78 is 41.4. The van der Waals surface area contributed by atoms with Gasteiger partial charge in [-0.05, 0) is 63.8 Å². The Morgan fingerprint density at radius 2 is 1.85 bits per heavy atom. The van der Waals surface area contributed by atoms with E-state index in [1.54, 1.807) is 26.0 Å². The molecule has 0 bridgehead atoms. The second-order valence-electron chi connectivity index (χ2n) is 11.4. The van der Waals surface area contributed by atoms with Crippen LogP contribution in [0.5, 0.6) is 0 Å². The monoisotopic (exact) mass is 716 g/mol. The molecule has 252 valence electrons. The SMILES string of the molecule is CCOP(=O)(OCC)c1nc2c(s1)c(C(N)=O)nn2CC(=O)N1C2C[C@@H]2C[C@H]1C(=O)Nc1cccc(-c2cc(C(C)=O)ccc2Cl)c1F. The number of rotatable bonds is 12. The van der Waals surface area contributed by atoms with Crippen LogP contribution >= 0.6 is 30.5 Å². The third kappa shape index (κ3) is 6.16. The molecule has 2 aromatic heterocycles. The molecule has 4 aromatic rings. The molecule has 3 atom stereocenters. The van der Waals surface area contributed by atoms with Crippen molar-refractivity contribution in [2.75, 3.05) is 18.5 Å². The molecule has 1 saturated heterocycles. The van der Waals surface area contributed by atoms with Crippen LogP contribution in [0.1, 0.15) is 54.5 Å². The van der Waals surface area contributed by atoms with Crippen molar-refractivity contribution in [3.63, 3.8) is 0 Å². The molecule has 48 heavy (non-hydrogen) atoms. The van der Waals surface area contributed by atoms with Gasteiger partial charge in [0.15, 0.2) is 22.9 Å². The molecule has 2 fully saturated rings. The highest BCUT2D eigenvalue weighted by atomic mass is 35.5. The summed E-state index contributed by atoms with van der Waals surface area (Å²) in [5, 5.41) is 7.08. The number of nitrogens with zero attached hydrogens (tertiary/aromatic N) is 4. The van der Waals surface area contributed by atoms with Crippen LogP contribution < -0.4 is 15.8 Å². The van der Waals surface area contributed by atoms with E-state index in [-0.39, 0.29) is 68.0 Å². The number of amides is 3. The van der Waals surface area contributed by atoms with Crippen molar-refractivity contribution in [2.45, 2.75) is 52.2 Å². The summed E-state index contributed by atoms with van der Waals surface area (Å²) in [6, 6.07) is 7.90. The molecule has 13 nitrogen and oxygen atoms in total. The van der Waals surface area contributed by atoms with Crippen LogP contribution in [0.25, 0.3) is 21.5 Å². The maximum atomic E-state index is 15.8. The van der Waals surface area contributed by atoms with Gasteiger partial charge in [-0.2, -0.15) is 5.10 Å². The molecule has 0 spiro atoms. The molecular formula is C31H31ClFN6O7PS. The summed E-state index contributed by atoms with van der Waals surface area (Å²) in [5.41, 5.74) is 6.12. The van der Waals surface area contributed by atoms with Gasteiger partial charge in [0.25, 0.3) is 5.91 Å². The first-order valence-electron chi connectivity index (χ1n) is 15.1. The second-order valence-corrected chi connectivity index (χ2v) is 15.0. The number of primary amides is 1. The van der Waals surface area contributed by atoms with Crippen LogP contribution in [0.3, 0.4) is 0 Å². The highest BCUT2D eigenvalue weighted by Crippen LogP contribution is 2.50. The van der Waals surface area contributed by atoms with Gasteiger partial charge in [0, 0.05) is 27.8 Å². The van der Waals surface area contributed by atoms with Crippen molar-refractivity contribution in [1.82, 2.24) is 19.7 Å². The summed E-state index contributed by atoms with van der Waals surface area (Å²) in [6.07, 6.45) is 1.09. The number of nitrogens with two attached hydrogens (primary N) is 1. The van der Waals surface area contributed by atoms with E-state index in [2.05, 4.69) is 15.4 Å². The number of hydrogen-bond donors (Lipinski definition) is 2. The molecule has 1 aliphatic heterocycles. The molecule has 3 heterocycles. The Bertz CT molecular complexity index is 2030. The maximum absolute atomic E-state index is 15.8. The summed E-state index contributed by atoms with van der Waals surface area (Å²) in [5.74, 6) is -2.79. The highest BCUT2D eigenvalue weighted by molar-refractivity contribution is 7.69. The van der Waals surface area contributed by atoms with E-state index >= 15 is 4.39 Å². The predicted octanol–water partition coefficient (Wildman–Crippen LogP) is 4.77. The van der Waals surface area contributed by atoms with Crippen molar-refractivity contribution in [3.05, 3.63) is 58.5 Å². The van der Waals surface area contributed by atoms with Gasteiger partial charge in [0.05, 0.1) is 18.9 Å². The number of nitrogens with one attached hydrogen (secondary N) is 1. The molecule has 2 aliphatic rings. The van der Waals surface area contributed by atoms with Crippen LogP contribution in [0.4, 0.5) is 10.1 Å². The minimum Gasteiger partial charge on any atom is -0.364 e. The number of thiazole rings is 1. The number of likely N-dealkylation sites (tertiary alicyclic amines) is 1. The molecule has 0 radical (unpaired) electrons. The number of fused-ring (bicyclic) bond motifs is 2. The second kappa shape index (κ2) is 13.1. The van der Waals surface area contributed by atoms with Gasteiger partial charge in [0.2, 0.25) is 16.6 Å². The fourth-order valence-electron chi connectivity index (χ4n) is 5.98. The standard InChI is InChI=1S/C31H31ClFN6O7PS/c1-4-45-47(44,46-5-2)31-36-29-27(48-31)26(28(34)42)37-38(29)14-24(41)39-22-12-17(22)13-23(39)30(43)35-21-8-6-7-18(25(21)33)19-11-16(15(3)40)9-10-20(19)32/h6-11,17,22-23H,4-5,12-14H2,1-3H3,(H2,34,42)(H,35,43)/t17-,22?,23+/m1/s1. The molecule has 17 heteroatoms. The highest BCUT2D eigenvalue weighted by Gasteiger charge is 2.56. The quantitative estimate of drug-likeness (QED) is 0.154. The summed E-state index contributed by atoms with van der Waals surface area (Å²) in [7, 11) is -3.82. The first kappa shape index (κ1) is 33.9. The number of carbonyl (C=O) groups is 4. The number of hydrogen-bond acceptors (Lipinski definition) is 10. The van der Waals surface area contributed by atoms with E-state index in [9.17, 15) is 23.7 Å². The molecule has 1 saturated carbocycles. The zero-order valence-electron chi connectivity index (χ0n) is 26.1. The van der Waals surface area contributed by atoms with Gasteiger partial charge in [0.1, 0.15) is 17.3 Å². The maximum Gasteiger partial charge on any atom is 0.389 e. The number of Topliss-reactive ketones (excluding diaryl/α,β-unsaturated/α-hetero) is 1. The third-order valence-corrected chi connectivity index (χ3v) is 12.1. The Morgan fingerprint density at radius 3 is 2.52 bits per heavy atom. The molecule has 3 N–H and O–H groups in total. The van der Waals surface area contributed by atoms with Gasteiger partial charge in [-0.1, -0.05) is 23.7 Å². The number of piperidine rings is 1. The lowest BCUT2D eigenvalue weighted by atomic mass is 10.00. The average molecular weight is 717 g/mol. The van der Waals surface area contributed by atoms with Crippen LogP contribution in [-0.2, 0) is 29.7 Å². The fraction of sp³-hybridized carbons (Fsp3) is 0.355. The van der Waals surface area contributed by atoms with E-state index in [4.69, 9.17) is 26.4 Å². The van der Waals surface area contributed by atoms with Gasteiger partial charge in [-0.25, -0.2) is 14.1 Å². The van der Waals surface area contributed by atoms with E-state index in [0.29, 0.717) is 24.0 Å². The van der Waals surface area contributed by atoms with Crippen LogP contribution in [0.15, 0.2) is 36.4 Å². The number of halogens is 2. The zero-order chi connectivity index (χ0) is 34.5. The van der Waals surface area contributed by atoms with E-state index in [1.165, 1.54) is 40.8 Å². The summed E-state index contributed by atoms with van der Waals surface area (Å²) in [6.45, 7) is 4.45. The van der Waals surface area contributed by atoms with Gasteiger partial charge >= 0.3 is 7.60 Å². The van der Waals surface area contributed by atoms with Gasteiger partial charge in [-0.3, -0.25) is 23.7 Å². The number of aromatic nitrogens is 3. The van der Waals surface area contributed by atoms with Crippen LogP contribution in [0.2, 0.25) is 5.02 Å². The van der Waals surface area contributed by atoms with Crippen molar-refractivity contribution in [2.24, 2.45) is 11.7 Å². The van der Waals surface area contributed by atoms with E-state index in [0.717, 1.165) is 11.3 Å². The Hall–Kier alpha value is -4.01. The topological polar surface area (TPSA) is 176 Å². The van der Waals surface area contributed by atoms with Crippen molar-refractivity contribution in [1.29, 1.82) is 0 Å². The smallest absolute Gasteiger partial charge is 0.364 e. The minimum absolute atomic E-state index is 0.0125. The molecular weight excluding hydrogens is 686 g/mol. The molecule has 6 rings (SSSR count). The van der Waals surface area contributed by atoms with E-state index in [1.807, 2.05) is 0 Å². The van der Waals surface area contributed by atoms with Gasteiger partial charge in [-0.15, -0.1) is 11.3 Å². The Labute approximate surface area is 283 Å². The Balaban J connectivity index is 1.26. The predicted molar refractivity (Wildman–Crippen MR) is 177 cm³/mol. The number of carbonyl (C=O) groups excluding carboxylic acids is 4. The van der Waals surface area contributed by atoms with Crippen LogP contribution in [0, 0.1) is 11.7 Å².